The molecule has 0 saturated carbocycles. The number of unbranched alkanes of at least 4 members (excludes halogenated alkanes) is 1. The first-order chi connectivity index (χ1) is 12.7. The molecule has 0 saturated heterocycles. The van der Waals surface area contributed by atoms with Crippen molar-refractivity contribution < 1.29 is 38.9 Å². The lowest BCUT2D eigenvalue weighted by Gasteiger charge is -2.00. The van der Waals surface area contributed by atoms with Crippen molar-refractivity contribution in [1.82, 2.24) is 0 Å². The lowest BCUT2D eigenvalue weighted by Crippen LogP contribution is -2.04. The number of ether oxygens (including phenoxy) is 2. The van der Waals surface area contributed by atoms with Crippen molar-refractivity contribution >= 4 is 24.4 Å². The van der Waals surface area contributed by atoms with E-state index in [0.29, 0.717) is 5.75 Å². The summed E-state index contributed by atoms with van der Waals surface area (Å²) >= 11 is 0. The molecule has 0 aromatic heterocycles. The molecule has 0 aliphatic heterocycles. The zero-order valence-electron chi connectivity index (χ0n) is 14.6. The van der Waals surface area contributed by atoms with E-state index in [-0.39, 0.29) is 6.61 Å². The summed E-state index contributed by atoms with van der Waals surface area (Å²) in [6.07, 6.45) is -3.44. The first kappa shape index (κ1) is 23.3. The van der Waals surface area contributed by atoms with Gasteiger partial charge in [-0.2, -0.15) is 0 Å². The summed E-state index contributed by atoms with van der Waals surface area (Å²) in [4.78, 5) is 41.1. The quantitative estimate of drug-likeness (QED) is 0.556. The van der Waals surface area contributed by atoms with Crippen LogP contribution in [-0.4, -0.2) is 41.2 Å². The Bertz CT molecular complexity index is 702. The number of nitrogens with zero attached hydrogens (tertiary/aromatic N) is 4. The summed E-state index contributed by atoms with van der Waals surface area (Å²) < 4.78 is 9.56. The Balaban J connectivity index is 0.000000713. The molecule has 1 aromatic rings. The van der Waals surface area contributed by atoms with Crippen LogP contribution in [0.1, 0.15) is 25.3 Å². The minimum Gasteiger partial charge on any atom is -0.462 e. The van der Waals surface area contributed by atoms with Gasteiger partial charge in [0, 0.05) is 0 Å². The van der Waals surface area contributed by atoms with Crippen molar-refractivity contribution in [3.63, 3.8) is 0 Å². The molecule has 0 unspecified atom stereocenters. The first-order valence-corrected chi connectivity index (χ1v) is 7.49. The molecule has 0 aliphatic rings. The Morgan fingerprint density at radius 2 is 1.56 bits per heavy atom. The fraction of sp³-hybridized carbons (Fsp3) is 0.333. The van der Waals surface area contributed by atoms with E-state index in [4.69, 9.17) is 19.7 Å². The van der Waals surface area contributed by atoms with Crippen molar-refractivity contribution in [3.05, 3.63) is 29.8 Å². The van der Waals surface area contributed by atoms with E-state index in [9.17, 15) is 19.2 Å². The minimum atomic E-state index is -1.62. The molecule has 0 aliphatic carbocycles. The highest BCUT2D eigenvalue weighted by molar-refractivity contribution is 5.74. The molecule has 0 heterocycles. The molecule has 0 bridgehead atoms. The van der Waals surface area contributed by atoms with E-state index in [1.807, 2.05) is 19.9 Å². The molecule has 27 heavy (non-hydrogen) atoms. The molecule has 146 valence electrons. The lowest BCUT2D eigenvalue weighted by molar-refractivity contribution is 0.152. The molecule has 12 nitrogen and oxygen atoms in total. The Morgan fingerprint density at radius 1 is 0.963 bits per heavy atom. The van der Waals surface area contributed by atoms with Crippen molar-refractivity contribution in [1.29, 1.82) is 0 Å². The van der Waals surface area contributed by atoms with Gasteiger partial charge >= 0.3 is 24.4 Å². The number of hydrogen-bond donors (Lipinski definition) is 2. The fourth-order valence-corrected chi connectivity index (χ4v) is 1.30. The van der Waals surface area contributed by atoms with Crippen LogP contribution in [0.2, 0.25) is 0 Å². The van der Waals surface area contributed by atoms with Gasteiger partial charge in [0.25, 0.3) is 0 Å². The molecule has 1 aromatic carbocycles. The molecule has 2 N–H and O–H groups in total. The van der Waals surface area contributed by atoms with Gasteiger partial charge in [-0.25, -0.2) is 19.2 Å². The number of hydrogen-bond acceptors (Lipinski definition) is 6. The second kappa shape index (κ2) is 13.6. The molecular weight excluding hydrogens is 364 g/mol. The normalized spacial score (nSPS) is 10.1. The lowest BCUT2D eigenvalue weighted by atomic mass is 10.2. The van der Waals surface area contributed by atoms with Gasteiger partial charge in [-0.3, -0.25) is 0 Å². The minimum absolute atomic E-state index is 0.265. The molecule has 12 heteroatoms. The summed E-state index contributed by atoms with van der Waals surface area (Å²) in [5.74, 6) is 0.350. The maximum absolute atomic E-state index is 11.3. The van der Waals surface area contributed by atoms with E-state index < -0.39 is 24.4 Å². The van der Waals surface area contributed by atoms with Gasteiger partial charge in [-0.15, -0.1) is 0 Å². The highest BCUT2D eigenvalue weighted by Gasteiger charge is 2.05. The van der Waals surface area contributed by atoms with Gasteiger partial charge in [0.15, 0.2) is 0 Å². The predicted molar refractivity (Wildman–Crippen MR) is 89.2 cm³/mol. The van der Waals surface area contributed by atoms with Crippen LogP contribution in [0.3, 0.4) is 0 Å². The third-order valence-corrected chi connectivity index (χ3v) is 2.35. The second-order valence-corrected chi connectivity index (χ2v) is 4.62. The number of azo groups is 2. The van der Waals surface area contributed by atoms with Crippen LogP contribution < -0.4 is 4.74 Å². The number of benzene rings is 1. The van der Waals surface area contributed by atoms with Gasteiger partial charge in [-0.1, -0.05) is 45.9 Å². The molecule has 0 spiro atoms. The number of amides is 4. The average molecular weight is 382 g/mol. The van der Waals surface area contributed by atoms with Crippen LogP contribution in [0.4, 0.5) is 19.2 Å². The SMILES string of the molecule is CCCCOC(=O)N=NC(=O)Oc1cccc(C)c1.O=C(O)N=NC(=O)O. The molecule has 0 atom stereocenters. The third kappa shape index (κ3) is 14.4. The van der Waals surface area contributed by atoms with Crippen LogP contribution in [0.25, 0.3) is 0 Å². The monoisotopic (exact) mass is 382 g/mol. The highest BCUT2D eigenvalue weighted by atomic mass is 16.6. The number of carbonyl (C=O) groups excluding carboxylic acids is 2. The van der Waals surface area contributed by atoms with Gasteiger partial charge in [0.05, 0.1) is 6.61 Å². The Labute approximate surface area is 153 Å². The van der Waals surface area contributed by atoms with E-state index in [0.717, 1.165) is 18.4 Å². The average Bonchev–Trinajstić information content (AvgIpc) is 2.59. The van der Waals surface area contributed by atoms with Crippen molar-refractivity contribution in [2.24, 2.45) is 20.5 Å². The Morgan fingerprint density at radius 3 is 2.07 bits per heavy atom. The topological polar surface area (TPSA) is 177 Å². The largest absolute Gasteiger partial charge is 0.462 e. The van der Waals surface area contributed by atoms with Gasteiger partial charge < -0.3 is 19.7 Å². The molecule has 4 amide bonds. The van der Waals surface area contributed by atoms with Gasteiger partial charge in [0.1, 0.15) is 5.75 Å². The number of carbonyl (C=O) groups is 4. The number of aryl methyl sites for hydroxylation is 1. The van der Waals surface area contributed by atoms with Crippen LogP contribution >= 0.6 is 0 Å². The Hall–Kier alpha value is -3.70. The van der Waals surface area contributed by atoms with E-state index in [1.165, 1.54) is 0 Å². The first-order valence-electron chi connectivity index (χ1n) is 7.49. The highest BCUT2D eigenvalue weighted by Crippen LogP contribution is 2.12. The van der Waals surface area contributed by atoms with Crippen molar-refractivity contribution in [2.75, 3.05) is 6.61 Å². The van der Waals surface area contributed by atoms with Crippen LogP contribution in [0.15, 0.2) is 44.7 Å². The number of rotatable bonds is 4. The standard InChI is InChI=1S/C13H16N2O4.C2H2N2O4/c1-3-4-8-18-12(16)14-15-13(17)19-11-7-5-6-10(2)9-11;5-1(6)3-4-2(7)8/h5-7,9H,3-4,8H2,1-2H3;(H,5,6)(H,7,8). The Kier molecular flexibility index (Phi) is 11.7. The van der Waals surface area contributed by atoms with E-state index in [1.54, 1.807) is 18.2 Å². The summed E-state index contributed by atoms with van der Waals surface area (Å²) in [7, 11) is 0. The van der Waals surface area contributed by atoms with Crippen LogP contribution in [-0.2, 0) is 4.74 Å². The molecule has 0 radical (unpaired) electrons. The molecule has 0 fully saturated rings. The fourth-order valence-electron chi connectivity index (χ4n) is 1.30. The second-order valence-electron chi connectivity index (χ2n) is 4.62. The van der Waals surface area contributed by atoms with Crippen LogP contribution in [0, 0.1) is 6.92 Å². The summed E-state index contributed by atoms with van der Waals surface area (Å²) in [6.45, 7) is 4.10. The van der Waals surface area contributed by atoms with Gasteiger partial charge in [0.2, 0.25) is 0 Å². The maximum Gasteiger partial charge on any atom is 0.458 e. The van der Waals surface area contributed by atoms with Crippen molar-refractivity contribution in [2.45, 2.75) is 26.7 Å². The third-order valence-electron chi connectivity index (χ3n) is 2.35. The maximum atomic E-state index is 11.3. The van der Waals surface area contributed by atoms with Crippen LogP contribution in [0.5, 0.6) is 5.75 Å². The van der Waals surface area contributed by atoms with E-state index >= 15 is 0 Å². The number of carboxylic acid groups (broad SMARTS) is 2. The predicted octanol–water partition coefficient (Wildman–Crippen LogP) is 4.68. The van der Waals surface area contributed by atoms with E-state index in [2.05, 4.69) is 20.5 Å². The summed E-state index contributed by atoms with van der Waals surface area (Å²) in [6, 6.07) is 6.89. The summed E-state index contributed by atoms with van der Waals surface area (Å²) in [5.41, 5.74) is 0.946. The van der Waals surface area contributed by atoms with Crippen molar-refractivity contribution in [3.8, 4) is 5.75 Å². The summed E-state index contributed by atoms with van der Waals surface area (Å²) in [5, 5.41) is 26.0. The zero-order valence-corrected chi connectivity index (χ0v) is 14.6. The molecular formula is C15H18N4O8. The van der Waals surface area contributed by atoms with Gasteiger partial charge in [-0.05, 0) is 31.0 Å². The molecule has 1 rings (SSSR count). The zero-order chi connectivity index (χ0) is 20.7. The smallest absolute Gasteiger partial charge is 0.458 e.